The quantitative estimate of drug-likeness (QED) is 0.841. The van der Waals surface area contributed by atoms with Crippen molar-refractivity contribution in [3.8, 4) is 11.5 Å². The lowest BCUT2D eigenvalue weighted by molar-refractivity contribution is 0.478. The summed E-state index contributed by atoms with van der Waals surface area (Å²) in [7, 11) is 0. The molecule has 112 valence electrons. The maximum absolute atomic E-state index is 6.33. The lowest BCUT2D eigenvalue weighted by atomic mass is 10.0. The second-order valence-electron chi connectivity index (χ2n) is 5.43. The van der Waals surface area contributed by atoms with Gasteiger partial charge in [0.05, 0.1) is 0 Å². The third kappa shape index (κ3) is 3.99. The molecule has 0 aliphatic carbocycles. The molecule has 2 rings (SSSR count). The van der Waals surface area contributed by atoms with Gasteiger partial charge >= 0.3 is 0 Å². The molecule has 3 heteroatoms. The van der Waals surface area contributed by atoms with Crippen molar-refractivity contribution in [1.29, 1.82) is 0 Å². The van der Waals surface area contributed by atoms with E-state index < -0.39 is 0 Å². The average Bonchev–Trinajstić information content (AvgIpc) is 2.46. The topological polar surface area (TPSA) is 35.2 Å². The fourth-order valence-corrected chi connectivity index (χ4v) is 2.39. The van der Waals surface area contributed by atoms with Crippen LogP contribution in [-0.4, -0.2) is 6.04 Å². The minimum Gasteiger partial charge on any atom is -0.457 e. The summed E-state index contributed by atoms with van der Waals surface area (Å²) in [5, 5.41) is 0.710. The zero-order chi connectivity index (χ0) is 15.4. The molecule has 0 heterocycles. The Bertz CT molecular complexity index is 625. The van der Waals surface area contributed by atoms with Crippen molar-refractivity contribution in [2.45, 2.75) is 39.7 Å². The maximum Gasteiger partial charge on any atom is 0.130 e. The monoisotopic (exact) mass is 303 g/mol. The van der Waals surface area contributed by atoms with Gasteiger partial charge in [-0.2, -0.15) is 0 Å². The van der Waals surface area contributed by atoms with Crippen LogP contribution in [0.2, 0.25) is 5.02 Å². The molecule has 1 unspecified atom stereocenters. The number of nitrogens with two attached hydrogens (primary N) is 1. The van der Waals surface area contributed by atoms with E-state index in [2.05, 4.69) is 26.8 Å². The van der Waals surface area contributed by atoms with E-state index in [-0.39, 0.29) is 6.04 Å². The first kappa shape index (κ1) is 15.9. The first-order chi connectivity index (χ1) is 10.0. The van der Waals surface area contributed by atoms with E-state index in [4.69, 9.17) is 22.1 Å². The van der Waals surface area contributed by atoms with E-state index in [9.17, 15) is 0 Å². The Hall–Kier alpha value is -1.51. The van der Waals surface area contributed by atoms with Gasteiger partial charge in [-0.1, -0.05) is 36.7 Å². The molecule has 21 heavy (non-hydrogen) atoms. The van der Waals surface area contributed by atoms with Crippen LogP contribution in [0.4, 0.5) is 0 Å². The minimum atomic E-state index is 0.147. The highest BCUT2D eigenvalue weighted by atomic mass is 35.5. The standard InChI is InChI=1S/C18H22ClNO/c1-4-15(20)10-14-8-9-16(11-17(14)19)21-18-7-5-6-12(2)13(18)3/h5-9,11,15H,4,10,20H2,1-3H3. The number of benzene rings is 2. The van der Waals surface area contributed by atoms with Gasteiger partial charge in [0.2, 0.25) is 0 Å². The van der Waals surface area contributed by atoms with Crippen molar-refractivity contribution in [2.75, 3.05) is 0 Å². The van der Waals surface area contributed by atoms with Crippen molar-refractivity contribution in [1.82, 2.24) is 0 Å². The third-order valence-electron chi connectivity index (χ3n) is 3.81. The van der Waals surface area contributed by atoms with Crippen LogP contribution in [0.1, 0.15) is 30.0 Å². The molecule has 0 aliphatic rings. The highest BCUT2D eigenvalue weighted by molar-refractivity contribution is 6.31. The van der Waals surface area contributed by atoms with E-state index in [1.807, 2.05) is 30.3 Å². The zero-order valence-corrected chi connectivity index (χ0v) is 13.6. The van der Waals surface area contributed by atoms with Crippen LogP contribution < -0.4 is 10.5 Å². The van der Waals surface area contributed by atoms with Crippen molar-refractivity contribution < 1.29 is 4.74 Å². The first-order valence-electron chi connectivity index (χ1n) is 7.29. The first-order valence-corrected chi connectivity index (χ1v) is 7.67. The number of halogens is 1. The summed E-state index contributed by atoms with van der Waals surface area (Å²) < 4.78 is 5.94. The van der Waals surface area contributed by atoms with E-state index in [0.717, 1.165) is 35.5 Å². The summed E-state index contributed by atoms with van der Waals surface area (Å²) in [5.41, 5.74) is 9.41. The number of ether oxygens (including phenoxy) is 1. The largest absolute Gasteiger partial charge is 0.457 e. The van der Waals surface area contributed by atoms with E-state index in [1.54, 1.807) is 0 Å². The lowest BCUT2D eigenvalue weighted by Gasteiger charge is -2.13. The fourth-order valence-electron chi connectivity index (χ4n) is 2.15. The van der Waals surface area contributed by atoms with Gasteiger partial charge < -0.3 is 10.5 Å². The van der Waals surface area contributed by atoms with Crippen LogP contribution in [-0.2, 0) is 6.42 Å². The molecule has 0 fully saturated rings. The van der Waals surface area contributed by atoms with Crippen LogP contribution >= 0.6 is 11.6 Å². The molecule has 0 aliphatic heterocycles. The van der Waals surface area contributed by atoms with Crippen molar-refractivity contribution >= 4 is 11.6 Å². The Morgan fingerprint density at radius 1 is 1.19 bits per heavy atom. The molecular weight excluding hydrogens is 282 g/mol. The SMILES string of the molecule is CCC(N)Cc1ccc(Oc2cccc(C)c2C)cc1Cl. The average molecular weight is 304 g/mol. The van der Waals surface area contributed by atoms with Gasteiger partial charge in [-0.3, -0.25) is 0 Å². The van der Waals surface area contributed by atoms with Gasteiger partial charge in [0.15, 0.2) is 0 Å². The highest BCUT2D eigenvalue weighted by Crippen LogP contribution is 2.30. The van der Waals surface area contributed by atoms with Crippen molar-refractivity contribution in [3.05, 3.63) is 58.1 Å². The normalized spacial score (nSPS) is 12.2. The summed E-state index contributed by atoms with van der Waals surface area (Å²) in [6.45, 7) is 6.21. The van der Waals surface area contributed by atoms with Gasteiger partial charge in [0, 0.05) is 11.1 Å². The Balaban J connectivity index is 2.18. The predicted molar refractivity (Wildman–Crippen MR) is 89.4 cm³/mol. The molecule has 0 aromatic heterocycles. The number of rotatable bonds is 5. The van der Waals surface area contributed by atoms with Gasteiger partial charge in [-0.25, -0.2) is 0 Å². The number of aryl methyl sites for hydroxylation is 1. The molecule has 2 aromatic rings. The number of hydrogen-bond acceptors (Lipinski definition) is 2. The molecule has 0 spiro atoms. The molecule has 0 saturated carbocycles. The molecule has 1 atom stereocenters. The van der Waals surface area contributed by atoms with Gasteiger partial charge in [-0.15, -0.1) is 0 Å². The molecular formula is C18H22ClNO. The van der Waals surface area contributed by atoms with Crippen LogP contribution in [0.15, 0.2) is 36.4 Å². The van der Waals surface area contributed by atoms with Crippen molar-refractivity contribution in [2.24, 2.45) is 5.73 Å². The summed E-state index contributed by atoms with van der Waals surface area (Å²) in [5.74, 6) is 1.62. The lowest BCUT2D eigenvalue weighted by Crippen LogP contribution is -2.21. The van der Waals surface area contributed by atoms with Crippen LogP contribution in [0.3, 0.4) is 0 Å². The smallest absolute Gasteiger partial charge is 0.130 e. The Morgan fingerprint density at radius 2 is 1.95 bits per heavy atom. The highest BCUT2D eigenvalue weighted by Gasteiger charge is 2.09. The fraction of sp³-hybridized carbons (Fsp3) is 0.333. The van der Waals surface area contributed by atoms with Crippen LogP contribution in [0, 0.1) is 13.8 Å². The summed E-state index contributed by atoms with van der Waals surface area (Å²) in [4.78, 5) is 0. The second-order valence-corrected chi connectivity index (χ2v) is 5.83. The molecule has 2 N–H and O–H groups in total. The molecule has 0 bridgehead atoms. The van der Waals surface area contributed by atoms with Gasteiger partial charge in [-0.05, 0) is 61.6 Å². The van der Waals surface area contributed by atoms with Crippen molar-refractivity contribution in [3.63, 3.8) is 0 Å². The summed E-state index contributed by atoms with van der Waals surface area (Å²) in [6.07, 6.45) is 1.73. The van der Waals surface area contributed by atoms with E-state index in [1.165, 1.54) is 5.56 Å². The number of hydrogen-bond donors (Lipinski definition) is 1. The predicted octanol–water partition coefficient (Wildman–Crippen LogP) is 5.03. The molecule has 0 radical (unpaired) electrons. The van der Waals surface area contributed by atoms with E-state index in [0.29, 0.717) is 5.02 Å². The Kier molecular flexibility index (Phi) is 5.27. The summed E-state index contributed by atoms with van der Waals surface area (Å²) >= 11 is 6.33. The zero-order valence-electron chi connectivity index (χ0n) is 12.8. The van der Waals surface area contributed by atoms with Gasteiger partial charge in [0.1, 0.15) is 11.5 Å². The van der Waals surface area contributed by atoms with Gasteiger partial charge in [0.25, 0.3) is 0 Å². The third-order valence-corrected chi connectivity index (χ3v) is 4.17. The molecule has 0 amide bonds. The Morgan fingerprint density at radius 3 is 2.62 bits per heavy atom. The minimum absolute atomic E-state index is 0.147. The van der Waals surface area contributed by atoms with Crippen LogP contribution in [0.5, 0.6) is 11.5 Å². The van der Waals surface area contributed by atoms with Crippen LogP contribution in [0.25, 0.3) is 0 Å². The molecule has 0 saturated heterocycles. The molecule has 2 nitrogen and oxygen atoms in total. The second kappa shape index (κ2) is 6.97. The Labute approximate surface area is 131 Å². The maximum atomic E-state index is 6.33. The summed E-state index contributed by atoms with van der Waals surface area (Å²) in [6, 6.07) is 12.0. The van der Waals surface area contributed by atoms with E-state index >= 15 is 0 Å². The molecule has 2 aromatic carbocycles.